The Morgan fingerprint density at radius 2 is 1.47 bits per heavy atom. The largest absolute Gasteiger partial charge is 0.508 e. The number of phenolic OH excluding ortho intramolecular Hbond substituents is 1. The molecule has 13 nitrogen and oxygen atoms in total. The van der Waals surface area contributed by atoms with Crippen molar-refractivity contribution in [2.24, 2.45) is 5.92 Å². The summed E-state index contributed by atoms with van der Waals surface area (Å²) in [6.07, 6.45) is -0.630. The predicted molar refractivity (Wildman–Crippen MR) is 164 cm³/mol. The summed E-state index contributed by atoms with van der Waals surface area (Å²) in [5, 5.41) is 29.2. The lowest BCUT2D eigenvalue weighted by Crippen LogP contribution is -2.58. The lowest BCUT2D eigenvalue weighted by atomic mass is 10.0. The molecular weight excluding hydrogens is 608 g/mol. The van der Waals surface area contributed by atoms with Crippen LogP contribution in [0.2, 0.25) is 5.02 Å². The molecule has 0 radical (unpaired) electrons. The molecule has 4 amide bonds. The molecule has 0 spiro atoms. The number of hydrogen-bond acceptors (Lipinski definition) is 8. The molecule has 4 unspecified atom stereocenters. The fourth-order valence-corrected chi connectivity index (χ4v) is 4.36. The zero-order chi connectivity index (χ0) is 33.7. The second kappa shape index (κ2) is 17.7. The van der Waals surface area contributed by atoms with Gasteiger partial charge in [-0.2, -0.15) is 0 Å². The van der Waals surface area contributed by atoms with E-state index in [2.05, 4.69) is 21.3 Å². The lowest BCUT2D eigenvalue weighted by Gasteiger charge is -2.27. The van der Waals surface area contributed by atoms with Crippen LogP contribution in [0.3, 0.4) is 0 Å². The maximum absolute atomic E-state index is 13.2. The van der Waals surface area contributed by atoms with Crippen molar-refractivity contribution in [2.75, 3.05) is 6.61 Å². The van der Waals surface area contributed by atoms with Crippen molar-refractivity contribution in [3.05, 3.63) is 64.7 Å². The molecule has 0 aliphatic heterocycles. The highest BCUT2D eigenvalue weighted by molar-refractivity contribution is 6.31. The van der Waals surface area contributed by atoms with Gasteiger partial charge in [-0.3, -0.25) is 28.8 Å². The third-order valence-corrected chi connectivity index (χ3v) is 6.98. The molecule has 2 aromatic carbocycles. The van der Waals surface area contributed by atoms with Crippen LogP contribution in [0.15, 0.2) is 48.5 Å². The molecule has 0 fully saturated rings. The quantitative estimate of drug-likeness (QED) is 0.147. The summed E-state index contributed by atoms with van der Waals surface area (Å²) in [7, 11) is 0. The fourth-order valence-electron chi connectivity index (χ4n) is 4.17. The minimum Gasteiger partial charge on any atom is -0.508 e. The monoisotopic (exact) mass is 646 g/mol. The first-order chi connectivity index (χ1) is 21.2. The number of ketones is 1. The van der Waals surface area contributed by atoms with Crippen LogP contribution >= 0.6 is 11.6 Å². The van der Waals surface area contributed by atoms with Crippen molar-refractivity contribution in [3.8, 4) is 5.75 Å². The number of nitrogens with one attached hydrogen (secondary N) is 4. The summed E-state index contributed by atoms with van der Waals surface area (Å²) in [6, 6.07) is 8.10. The second-order valence-corrected chi connectivity index (χ2v) is 11.2. The number of carbonyl (C=O) groups is 6. The molecule has 6 N–H and O–H groups in total. The van der Waals surface area contributed by atoms with Gasteiger partial charge in [0, 0.05) is 18.4 Å². The van der Waals surface area contributed by atoms with Crippen molar-refractivity contribution in [1.29, 1.82) is 0 Å². The highest BCUT2D eigenvalue weighted by Gasteiger charge is 2.31. The number of hydrogen-bond donors (Lipinski definition) is 6. The number of halogens is 1. The summed E-state index contributed by atoms with van der Waals surface area (Å²) >= 11 is 6.08. The van der Waals surface area contributed by atoms with E-state index < -0.39 is 78.5 Å². The van der Waals surface area contributed by atoms with Crippen LogP contribution in [0, 0.1) is 5.92 Å². The third-order valence-electron chi connectivity index (χ3n) is 6.61. The molecule has 4 atom stereocenters. The van der Waals surface area contributed by atoms with Gasteiger partial charge in [0.25, 0.3) is 0 Å². The number of phenols is 1. The molecule has 45 heavy (non-hydrogen) atoms. The highest BCUT2D eigenvalue weighted by Crippen LogP contribution is 2.16. The van der Waals surface area contributed by atoms with Gasteiger partial charge < -0.3 is 36.2 Å². The number of Topliss-reactive ketones (excluding diaryl/α,β-unsaturated/α-hetero) is 1. The maximum Gasteiger partial charge on any atom is 0.305 e. The highest BCUT2D eigenvalue weighted by atomic mass is 35.5. The topological polar surface area (TPSA) is 200 Å². The minimum absolute atomic E-state index is 0.00828. The molecule has 0 saturated heterocycles. The van der Waals surface area contributed by atoms with E-state index in [9.17, 15) is 39.0 Å². The first-order valence-corrected chi connectivity index (χ1v) is 14.6. The number of ether oxygens (including phenoxy) is 1. The van der Waals surface area contributed by atoms with Gasteiger partial charge in [0.1, 0.15) is 36.5 Å². The number of rotatable bonds is 17. The Labute approximate surface area is 266 Å². The Balaban J connectivity index is 2.03. The molecular formula is C31H39ClN4O9. The van der Waals surface area contributed by atoms with Crippen LogP contribution < -0.4 is 21.3 Å². The van der Waals surface area contributed by atoms with E-state index in [1.807, 2.05) is 0 Å². The number of amides is 4. The van der Waals surface area contributed by atoms with Gasteiger partial charge in [0.15, 0.2) is 5.78 Å². The number of aromatic hydroxyl groups is 1. The average Bonchev–Trinajstić information content (AvgIpc) is 2.96. The normalized spacial score (nSPS) is 13.6. The van der Waals surface area contributed by atoms with Crippen molar-refractivity contribution >= 4 is 47.0 Å². The van der Waals surface area contributed by atoms with E-state index in [0.717, 1.165) is 0 Å². The molecule has 0 aliphatic carbocycles. The van der Waals surface area contributed by atoms with Crippen LogP contribution in [0.1, 0.15) is 45.2 Å². The number of carbonyl (C=O) groups excluding carboxylic acids is 5. The number of carboxylic acids is 1. The SMILES string of the molecule is CC(=O)NC(Cc1ccc(O)cc1)C(=O)NC(C(=O)NC(C)C(=O)NC(CC(=O)O)C(=O)COCc1ccccc1Cl)C(C)C. The number of aliphatic carboxylic acids is 1. The molecule has 0 bridgehead atoms. The zero-order valence-electron chi connectivity index (χ0n) is 25.5. The van der Waals surface area contributed by atoms with E-state index in [-0.39, 0.29) is 18.8 Å². The molecule has 244 valence electrons. The average molecular weight is 647 g/mol. The number of carboxylic acid groups (broad SMARTS) is 1. The van der Waals surface area contributed by atoms with Crippen LogP contribution in [-0.2, 0) is 46.5 Å². The summed E-state index contributed by atoms with van der Waals surface area (Å²) in [6.45, 7) is 5.43. The van der Waals surface area contributed by atoms with Crippen molar-refractivity contribution in [3.63, 3.8) is 0 Å². The Morgan fingerprint density at radius 3 is 2.04 bits per heavy atom. The molecule has 2 aromatic rings. The Hall–Kier alpha value is -4.49. The Morgan fingerprint density at radius 1 is 0.822 bits per heavy atom. The first-order valence-electron chi connectivity index (χ1n) is 14.2. The maximum atomic E-state index is 13.2. The standard InChI is InChI=1S/C31H39ClN4O9/c1-17(2)28(36-30(43)25(34-19(4)37)13-20-9-11-22(38)12-10-20)31(44)33-18(3)29(42)35-24(14-27(40)41)26(39)16-45-15-21-7-5-6-8-23(21)32/h5-12,17-18,24-25,28,38H,13-16H2,1-4H3,(H,33,44)(H,34,37)(H,35,42)(H,36,43)(H,40,41). The van der Waals surface area contributed by atoms with Gasteiger partial charge in [0.2, 0.25) is 23.6 Å². The molecule has 14 heteroatoms. The van der Waals surface area contributed by atoms with E-state index >= 15 is 0 Å². The van der Waals surface area contributed by atoms with Gasteiger partial charge in [-0.1, -0.05) is 55.8 Å². The number of benzene rings is 2. The molecule has 0 aromatic heterocycles. The molecule has 2 rings (SSSR count). The van der Waals surface area contributed by atoms with E-state index in [0.29, 0.717) is 16.1 Å². The van der Waals surface area contributed by atoms with Crippen molar-refractivity contribution < 1.29 is 43.7 Å². The first kappa shape index (κ1) is 36.7. The lowest BCUT2D eigenvalue weighted by molar-refractivity contribution is -0.141. The van der Waals surface area contributed by atoms with Gasteiger partial charge in [-0.25, -0.2) is 0 Å². The van der Waals surface area contributed by atoms with E-state index in [1.165, 1.54) is 26.0 Å². The third kappa shape index (κ3) is 12.6. The summed E-state index contributed by atoms with van der Waals surface area (Å²) in [4.78, 5) is 75.1. The van der Waals surface area contributed by atoms with Crippen LogP contribution in [0.5, 0.6) is 5.75 Å². The van der Waals surface area contributed by atoms with Gasteiger partial charge >= 0.3 is 5.97 Å². The minimum atomic E-state index is -1.43. The zero-order valence-corrected chi connectivity index (χ0v) is 26.2. The summed E-state index contributed by atoms with van der Waals surface area (Å²) < 4.78 is 5.39. The molecule has 0 heterocycles. The van der Waals surface area contributed by atoms with E-state index in [1.54, 1.807) is 50.2 Å². The summed E-state index contributed by atoms with van der Waals surface area (Å²) in [5.41, 5.74) is 1.27. The van der Waals surface area contributed by atoms with Crippen LogP contribution in [0.4, 0.5) is 0 Å². The van der Waals surface area contributed by atoms with Crippen LogP contribution in [0.25, 0.3) is 0 Å². The van der Waals surface area contributed by atoms with Gasteiger partial charge in [-0.05, 0) is 42.2 Å². The predicted octanol–water partition coefficient (Wildman–Crippen LogP) is 1.48. The van der Waals surface area contributed by atoms with Gasteiger partial charge in [-0.15, -0.1) is 0 Å². The van der Waals surface area contributed by atoms with Crippen LogP contribution in [-0.4, -0.2) is 76.4 Å². The van der Waals surface area contributed by atoms with E-state index in [4.69, 9.17) is 16.3 Å². The Kier molecular flexibility index (Phi) is 14.4. The summed E-state index contributed by atoms with van der Waals surface area (Å²) in [5.74, 6) is -5.08. The second-order valence-electron chi connectivity index (χ2n) is 10.8. The van der Waals surface area contributed by atoms with Gasteiger partial charge in [0.05, 0.1) is 13.0 Å². The fraction of sp³-hybridized carbons (Fsp3) is 0.419. The molecule has 0 aliphatic rings. The molecule has 0 saturated carbocycles. The van der Waals surface area contributed by atoms with Crippen molar-refractivity contribution in [2.45, 2.75) is 71.3 Å². The smallest absolute Gasteiger partial charge is 0.305 e. The Bertz CT molecular complexity index is 1370. The van der Waals surface area contributed by atoms with Crippen molar-refractivity contribution in [1.82, 2.24) is 21.3 Å².